The normalized spacial score (nSPS) is 10.1. The van der Waals surface area contributed by atoms with E-state index in [2.05, 4.69) is 0 Å². The van der Waals surface area contributed by atoms with Crippen LogP contribution in [-0.4, -0.2) is 28.3 Å². The predicted octanol–water partition coefficient (Wildman–Crippen LogP) is -0.389. The number of rotatable bonds is 0. The van der Waals surface area contributed by atoms with Crippen LogP contribution < -0.4 is 5.46 Å². The molecule has 0 spiro atoms. The van der Waals surface area contributed by atoms with E-state index in [0.29, 0.717) is 0 Å². The van der Waals surface area contributed by atoms with Crippen LogP contribution in [0.1, 0.15) is 5.56 Å². The zero-order chi connectivity index (χ0) is 9.46. The highest BCUT2D eigenvalue weighted by Crippen LogP contribution is 2.39. The Hall–Kier alpha value is -1.52. The van der Waals surface area contributed by atoms with Crippen molar-refractivity contribution in [1.82, 2.24) is 0 Å². The van der Waals surface area contributed by atoms with Crippen LogP contribution >= 0.6 is 0 Å². The summed E-state index contributed by atoms with van der Waals surface area (Å²) >= 11 is 0. The van der Waals surface area contributed by atoms with Crippen LogP contribution in [0.4, 0.5) is 0 Å². The lowest BCUT2D eigenvalue weighted by atomic mass is 9.91. The van der Waals surface area contributed by atoms with Gasteiger partial charge in [-0.15, -0.1) is 0 Å². The van der Waals surface area contributed by atoms with E-state index < -0.39 is 23.0 Å². The van der Waals surface area contributed by atoms with Gasteiger partial charge in [0.05, 0.1) is 0 Å². The third-order valence-electron chi connectivity index (χ3n) is 1.67. The van der Waals surface area contributed by atoms with Crippen LogP contribution in [0.15, 0.2) is 0 Å². The van der Waals surface area contributed by atoms with Crippen LogP contribution in [-0.2, 0) is 0 Å². The molecule has 12 heavy (non-hydrogen) atoms. The van der Waals surface area contributed by atoms with E-state index in [1.165, 1.54) is 6.92 Å². The fourth-order valence-electron chi connectivity index (χ4n) is 0.844. The van der Waals surface area contributed by atoms with Crippen molar-refractivity contribution in [2.75, 3.05) is 0 Å². The average Bonchev–Trinajstić information content (AvgIpc) is 2.08. The molecule has 1 aromatic carbocycles. The lowest BCUT2D eigenvalue weighted by molar-refractivity contribution is 0.361. The largest absolute Gasteiger partial charge is 0.508 e. The molecule has 4 N–H and O–H groups in total. The second kappa shape index (κ2) is 2.51. The Kier molecular flexibility index (Phi) is 1.80. The first-order valence-electron chi connectivity index (χ1n) is 3.18. The zero-order valence-corrected chi connectivity index (χ0v) is 6.37. The number of phenols is 4. The van der Waals surface area contributed by atoms with Gasteiger partial charge in [-0.2, -0.15) is 0 Å². The van der Waals surface area contributed by atoms with Gasteiger partial charge in [0.15, 0.2) is 17.2 Å². The summed E-state index contributed by atoms with van der Waals surface area (Å²) in [4.78, 5) is 0. The Labute approximate surface area is 70.1 Å². The average molecular weight is 166 g/mol. The molecule has 1 rings (SSSR count). The van der Waals surface area contributed by atoms with E-state index in [0.717, 1.165) is 0 Å². The summed E-state index contributed by atoms with van der Waals surface area (Å²) in [5.41, 5.74) is -0.314. The Morgan fingerprint density at radius 2 is 1.33 bits per heavy atom. The standard InChI is InChI=1S/C7H7BO4/c1-2-4(9)3(8)6(11)7(12)5(2)10/h9-12H,1H3. The molecule has 0 aliphatic rings. The molecule has 0 unspecified atom stereocenters. The van der Waals surface area contributed by atoms with Crippen LogP contribution in [0.5, 0.6) is 23.0 Å². The van der Waals surface area contributed by atoms with E-state index in [1.54, 1.807) is 0 Å². The fourth-order valence-corrected chi connectivity index (χ4v) is 0.844. The first-order valence-corrected chi connectivity index (χ1v) is 3.18. The number of phenolic OH excluding ortho intramolecular Hbond substituents is 4. The van der Waals surface area contributed by atoms with Gasteiger partial charge in [-0.1, -0.05) is 0 Å². The molecule has 0 bridgehead atoms. The minimum absolute atomic E-state index is 0.0304. The molecular formula is C7H7BO4. The SMILES string of the molecule is [B]c1c(O)c(C)c(O)c(O)c1O. The molecule has 1 aromatic rings. The molecule has 0 amide bonds. The van der Waals surface area contributed by atoms with E-state index in [1.807, 2.05) is 0 Å². The summed E-state index contributed by atoms with van der Waals surface area (Å²) < 4.78 is 0. The van der Waals surface area contributed by atoms with Gasteiger partial charge in [-0.3, -0.25) is 0 Å². The lowest BCUT2D eigenvalue weighted by Gasteiger charge is -2.10. The summed E-state index contributed by atoms with van der Waals surface area (Å²) in [5.74, 6) is -2.43. The second-order valence-electron chi connectivity index (χ2n) is 2.43. The number of hydrogen-bond donors (Lipinski definition) is 4. The Morgan fingerprint density at radius 3 is 1.83 bits per heavy atom. The van der Waals surface area contributed by atoms with E-state index in [4.69, 9.17) is 28.3 Å². The first kappa shape index (κ1) is 8.58. The summed E-state index contributed by atoms with van der Waals surface area (Å²) in [7, 11) is 5.18. The quantitative estimate of drug-likeness (QED) is 0.240. The van der Waals surface area contributed by atoms with Crippen molar-refractivity contribution in [3.63, 3.8) is 0 Å². The zero-order valence-electron chi connectivity index (χ0n) is 6.37. The summed E-state index contributed by atoms with van der Waals surface area (Å²) in [6, 6.07) is 0. The van der Waals surface area contributed by atoms with Gasteiger partial charge in [0, 0.05) is 5.56 Å². The number of benzene rings is 1. The lowest BCUT2D eigenvalue weighted by Crippen LogP contribution is -2.05. The third-order valence-corrected chi connectivity index (χ3v) is 1.67. The molecule has 0 aliphatic heterocycles. The topological polar surface area (TPSA) is 80.9 Å². The second-order valence-corrected chi connectivity index (χ2v) is 2.43. The van der Waals surface area contributed by atoms with Gasteiger partial charge < -0.3 is 20.4 Å². The van der Waals surface area contributed by atoms with Crippen molar-refractivity contribution in [2.24, 2.45) is 0 Å². The molecule has 0 atom stereocenters. The van der Waals surface area contributed by atoms with Gasteiger partial charge in [0.25, 0.3) is 0 Å². The minimum atomic E-state index is -0.720. The van der Waals surface area contributed by atoms with E-state index in [9.17, 15) is 0 Å². The van der Waals surface area contributed by atoms with Crippen LogP contribution in [0, 0.1) is 6.92 Å². The van der Waals surface area contributed by atoms with Crippen molar-refractivity contribution in [2.45, 2.75) is 6.92 Å². The smallest absolute Gasteiger partial charge is 0.200 e. The minimum Gasteiger partial charge on any atom is -0.508 e. The van der Waals surface area contributed by atoms with Gasteiger partial charge >= 0.3 is 0 Å². The monoisotopic (exact) mass is 166 g/mol. The molecule has 0 saturated carbocycles. The van der Waals surface area contributed by atoms with Crippen molar-refractivity contribution in [3.8, 4) is 23.0 Å². The molecule has 0 fully saturated rings. The maximum absolute atomic E-state index is 9.14. The Morgan fingerprint density at radius 1 is 0.833 bits per heavy atom. The van der Waals surface area contributed by atoms with E-state index >= 15 is 0 Å². The highest BCUT2D eigenvalue weighted by atomic mass is 16.3. The van der Waals surface area contributed by atoms with Crippen molar-refractivity contribution in [3.05, 3.63) is 5.56 Å². The molecule has 0 heterocycles. The first-order chi connectivity index (χ1) is 5.46. The molecule has 0 aromatic heterocycles. The van der Waals surface area contributed by atoms with Gasteiger partial charge in [0.1, 0.15) is 13.6 Å². The van der Waals surface area contributed by atoms with Crippen molar-refractivity contribution < 1.29 is 20.4 Å². The highest BCUT2D eigenvalue weighted by Gasteiger charge is 2.16. The molecule has 0 aliphatic carbocycles. The number of aromatic hydroxyl groups is 4. The Balaban J connectivity index is 3.60. The summed E-state index contributed by atoms with van der Waals surface area (Å²) in [5, 5.41) is 36.2. The predicted molar refractivity (Wildman–Crippen MR) is 43.2 cm³/mol. The highest BCUT2D eigenvalue weighted by molar-refractivity contribution is 6.36. The maximum atomic E-state index is 9.14. The molecule has 62 valence electrons. The third kappa shape index (κ3) is 0.940. The summed E-state index contributed by atoms with van der Waals surface area (Å²) in [6.45, 7) is 1.36. The maximum Gasteiger partial charge on any atom is 0.200 e. The molecule has 0 saturated heterocycles. The fraction of sp³-hybridized carbons (Fsp3) is 0.143. The summed E-state index contributed by atoms with van der Waals surface area (Å²) in [6.07, 6.45) is 0. The van der Waals surface area contributed by atoms with Crippen LogP contribution in [0.3, 0.4) is 0 Å². The van der Waals surface area contributed by atoms with Crippen LogP contribution in [0.2, 0.25) is 0 Å². The Bertz CT molecular complexity index is 230. The molecule has 2 radical (unpaired) electrons. The molecule has 4 nitrogen and oxygen atoms in total. The van der Waals surface area contributed by atoms with Crippen molar-refractivity contribution >= 4 is 13.3 Å². The molecule has 5 heteroatoms. The van der Waals surface area contributed by atoms with Gasteiger partial charge in [-0.25, -0.2) is 0 Å². The van der Waals surface area contributed by atoms with Crippen LogP contribution in [0.25, 0.3) is 0 Å². The van der Waals surface area contributed by atoms with E-state index in [-0.39, 0.29) is 11.0 Å². The molecular weight excluding hydrogens is 159 g/mol. The van der Waals surface area contributed by atoms with Gasteiger partial charge in [-0.05, 0) is 12.4 Å². The van der Waals surface area contributed by atoms with Gasteiger partial charge in [0.2, 0.25) is 0 Å². The number of hydrogen-bond acceptors (Lipinski definition) is 4. The van der Waals surface area contributed by atoms with Crippen molar-refractivity contribution in [1.29, 1.82) is 0 Å².